The largest absolute Gasteiger partial charge is 0.309 e. The lowest BCUT2D eigenvalue weighted by Crippen LogP contribution is -2.23. The zero-order valence-electron chi connectivity index (χ0n) is 10.9. The van der Waals surface area contributed by atoms with Crippen LogP contribution in [-0.4, -0.2) is 16.5 Å². The first-order valence-corrected chi connectivity index (χ1v) is 7.17. The van der Waals surface area contributed by atoms with Gasteiger partial charge in [0.25, 0.3) is 0 Å². The molecule has 0 aliphatic carbocycles. The molecule has 1 N–H and O–H groups in total. The zero-order valence-corrected chi connectivity index (χ0v) is 11.7. The van der Waals surface area contributed by atoms with E-state index in [0.29, 0.717) is 6.04 Å². The number of hydrogen-bond acceptors (Lipinski definition) is 4. The van der Waals surface area contributed by atoms with Crippen LogP contribution in [0.4, 0.5) is 0 Å². The highest BCUT2D eigenvalue weighted by Crippen LogP contribution is 2.23. The summed E-state index contributed by atoms with van der Waals surface area (Å²) >= 11 is 1.76. The maximum Gasteiger partial charge on any atom is 0.0897 e. The molecule has 0 bridgehead atoms. The van der Waals surface area contributed by atoms with Crippen LogP contribution in [-0.2, 0) is 6.42 Å². The van der Waals surface area contributed by atoms with Gasteiger partial charge in [-0.1, -0.05) is 13.0 Å². The third-order valence-electron chi connectivity index (χ3n) is 2.76. The summed E-state index contributed by atoms with van der Waals surface area (Å²) in [5.74, 6) is 0. The Hall–Kier alpha value is -1.26. The minimum absolute atomic E-state index is 0.325. The van der Waals surface area contributed by atoms with E-state index in [1.807, 2.05) is 31.5 Å². The topological polar surface area (TPSA) is 37.8 Å². The van der Waals surface area contributed by atoms with Gasteiger partial charge in [-0.3, -0.25) is 4.98 Å². The average molecular weight is 261 g/mol. The van der Waals surface area contributed by atoms with Crippen molar-refractivity contribution >= 4 is 11.3 Å². The lowest BCUT2D eigenvalue weighted by atomic mass is 10.1. The summed E-state index contributed by atoms with van der Waals surface area (Å²) in [5.41, 5.74) is 1.12. The fraction of sp³-hybridized carbons (Fsp3) is 0.429. The van der Waals surface area contributed by atoms with Crippen LogP contribution in [0.3, 0.4) is 0 Å². The van der Waals surface area contributed by atoms with Crippen LogP contribution >= 0.6 is 11.3 Å². The Kier molecular flexibility index (Phi) is 4.84. The van der Waals surface area contributed by atoms with Crippen LogP contribution in [0, 0.1) is 6.92 Å². The summed E-state index contributed by atoms with van der Waals surface area (Å²) in [6.07, 6.45) is 5.89. The van der Waals surface area contributed by atoms with E-state index in [4.69, 9.17) is 0 Å². The smallest absolute Gasteiger partial charge is 0.0897 e. The molecule has 0 aromatic carbocycles. The van der Waals surface area contributed by atoms with Crippen molar-refractivity contribution in [3.8, 4) is 0 Å². The lowest BCUT2D eigenvalue weighted by molar-refractivity contribution is 0.531. The minimum Gasteiger partial charge on any atom is -0.309 e. The molecule has 0 fully saturated rings. The highest BCUT2D eigenvalue weighted by atomic mass is 32.1. The van der Waals surface area contributed by atoms with E-state index in [0.717, 1.165) is 30.1 Å². The fourth-order valence-electron chi connectivity index (χ4n) is 1.86. The molecule has 18 heavy (non-hydrogen) atoms. The number of aromatic nitrogens is 2. The van der Waals surface area contributed by atoms with Crippen LogP contribution in [0.1, 0.15) is 35.0 Å². The van der Waals surface area contributed by atoms with Crippen LogP contribution in [0.5, 0.6) is 0 Å². The Balaban J connectivity index is 2.10. The van der Waals surface area contributed by atoms with E-state index in [-0.39, 0.29) is 0 Å². The van der Waals surface area contributed by atoms with Crippen molar-refractivity contribution in [2.24, 2.45) is 0 Å². The van der Waals surface area contributed by atoms with Crippen LogP contribution in [0.2, 0.25) is 0 Å². The van der Waals surface area contributed by atoms with Gasteiger partial charge in [0.2, 0.25) is 0 Å². The second kappa shape index (κ2) is 6.61. The molecule has 0 saturated carbocycles. The molecular weight excluding hydrogens is 242 g/mol. The number of pyridine rings is 1. The van der Waals surface area contributed by atoms with Crippen LogP contribution in [0.15, 0.2) is 30.6 Å². The summed E-state index contributed by atoms with van der Waals surface area (Å²) in [6.45, 7) is 5.25. The summed E-state index contributed by atoms with van der Waals surface area (Å²) in [6, 6.07) is 6.39. The molecule has 4 heteroatoms. The number of nitrogens with one attached hydrogen (secondary N) is 1. The summed E-state index contributed by atoms with van der Waals surface area (Å²) < 4.78 is 0. The van der Waals surface area contributed by atoms with Crippen molar-refractivity contribution in [1.29, 1.82) is 0 Å². The number of thiazole rings is 1. The van der Waals surface area contributed by atoms with Gasteiger partial charge in [0.15, 0.2) is 0 Å². The highest BCUT2D eigenvalue weighted by Gasteiger charge is 2.14. The quantitative estimate of drug-likeness (QED) is 0.868. The third-order valence-corrected chi connectivity index (χ3v) is 3.79. The highest BCUT2D eigenvalue weighted by molar-refractivity contribution is 7.11. The Labute approximate surface area is 112 Å². The second-order valence-corrected chi connectivity index (χ2v) is 5.58. The predicted molar refractivity (Wildman–Crippen MR) is 75.8 cm³/mol. The van der Waals surface area contributed by atoms with Gasteiger partial charge in [-0.25, -0.2) is 4.98 Å². The molecule has 96 valence electrons. The standard InChI is InChI=1S/C14H19N3S/c1-3-7-16-13(14-10-17-11(2)18-14)9-12-6-4-5-8-15-12/h4-6,8,10,13,16H,3,7,9H2,1-2H3. The van der Waals surface area contributed by atoms with Gasteiger partial charge >= 0.3 is 0 Å². The molecule has 0 spiro atoms. The molecule has 2 aromatic heterocycles. The number of rotatable bonds is 6. The van der Waals surface area contributed by atoms with E-state index in [1.54, 1.807) is 11.3 Å². The van der Waals surface area contributed by atoms with Gasteiger partial charge in [-0.15, -0.1) is 11.3 Å². The van der Waals surface area contributed by atoms with Gasteiger partial charge in [0.05, 0.1) is 5.01 Å². The average Bonchev–Trinajstić information content (AvgIpc) is 2.82. The Bertz CT molecular complexity index is 467. The molecule has 0 amide bonds. The number of hydrogen-bond donors (Lipinski definition) is 1. The molecule has 2 heterocycles. The van der Waals surface area contributed by atoms with E-state index in [1.165, 1.54) is 4.88 Å². The molecule has 2 aromatic rings. The summed E-state index contributed by atoms with van der Waals surface area (Å²) in [5, 5.41) is 4.70. The second-order valence-electron chi connectivity index (χ2n) is 4.31. The summed E-state index contributed by atoms with van der Waals surface area (Å²) in [7, 11) is 0. The molecule has 0 saturated heterocycles. The van der Waals surface area contributed by atoms with E-state index >= 15 is 0 Å². The summed E-state index contributed by atoms with van der Waals surface area (Å²) in [4.78, 5) is 10.0. The van der Waals surface area contributed by atoms with Gasteiger partial charge in [0, 0.05) is 35.4 Å². The Morgan fingerprint density at radius 1 is 1.33 bits per heavy atom. The van der Waals surface area contributed by atoms with Crippen molar-refractivity contribution < 1.29 is 0 Å². The molecule has 0 aliphatic rings. The molecule has 2 rings (SSSR count). The number of nitrogens with zero attached hydrogens (tertiary/aromatic N) is 2. The fourth-order valence-corrected chi connectivity index (χ4v) is 2.72. The molecule has 1 atom stereocenters. The maximum atomic E-state index is 4.40. The zero-order chi connectivity index (χ0) is 12.8. The van der Waals surface area contributed by atoms with Gasteiger partial charge < -0.3 is 5.32 Å². The van der Waals surface area contributed by atoms with Gasteiger partial charge in [-0.2, -0.15) is 0 Å². The van der Waals surface area contributed by atoms with Crippen molar-refractivity contribution in [3.05, 3.63) is 46.2 Å². The van der Waals surface area contributed by atoms with E-state index in [2.05, 4.69) is 28.3 Å². The SMILES string of the molecule is CCCNC(Cc1ccccn1)c1cnc(C)s1. The maximum absolute atomic E-state index is 4.40. The first-order chi connectivity index (χ1) is 8.79. The normalized spacial score (nSPS) is 12.6. The van der Waals surface area contributed by atoms with Gasteiger partial charge in [0.1, 0.15) is 0 Å². The molecule has 0 aliphatic heterocycles. The lowest BCUT2D eigenvalue weighted by Gasteiger charge is -2.16. The molecule has 1 unspecified atom stereocenters. The Morgan fingerprint density at radius 3 is 2.83 bits per heavy atom. The van der Waals surface area contributed by atoms with Gasteiger partial charge in [-0.05, 0) is 32.0 Å². The van der Waals surface area contributed by atoms with Crippen LogP contribution < -0.4 is 5.32 Å². The monoisotopic (exact) mass is 261 g/mol. The molecule has 0 radical (unpaired) electrons. The first-order valence-electron chi connectivity index (χ1n) is 6.35. The first kappa shape index (κ1) is 13.2. The predicted octanol–water partition coefficient (Wildman–Crippen LogP) is 3.13. The minimum atomic E-state index is 0.325. The van der Waals surface area contributed by atoms with Crippen molar-refractivity contribution in [3.63, 3.8) is 0 Å². The van der Waals surface area contributed by atoms with E-state index < -0.39 is 0 Å². The van der Waals surface area contributed by atoms with Crippen molar-refractivity contribution in [2.45, 2.75) is 32.7 Å². The van der Waals surface area contributed by atoms with Crippen LogP contribution in [0.25, 0.3) is 0 Å². The third kappa shape index (κ3) is 3.62. The number of aryl methyl sites for hydroxylation is 1. The van der Waals surface area contributed by atoms with Crippen molar-refractivity contribution in [2.75, 3.05) is 6.54 Å². The molecule has 3 nitrogen and oxygen atoms in total. The molecular formula is C14H19N3S. The Morgan fingerprint density at radius 2 is 2.22 bits per heavy atom. The van der Waals surface area contributed by atoms with E-state index in [9.17, 15) is 0 Å². The van der Waals surface area contributed by atoms with Crippen molar-refractivity contribution in [1.82, 2.24) is 15.3 Å².